The zero-order chi connectivity index (χ0) is 17.6. The summed E-state index contributed by atoms with van der Waals surface area (Å²) in [5, 5.41) is 6.02. The van der Waals surface area contributed by atoms with Gasteiger partial charge in [0, 0.05) is 37.9 Å². The SMILES string of the molecule is CN(C)c1ccc(Nc2ccc(NC(=O)c3cccnc3)cn2)cc1. The number of nitrogens with one attached hydrogen (secondary N) is 2. The molecule has 2 N–H and O–H groups in total. The van der Waals surface area contributed by atoms with Gasteiger partial charge in [0.2, 0.25) is 0 Å². The Bertz CT molecular complexity index is 830. The zero-order valence-corrected chi connectivity index (χ0v) is 14.1. The molecule has 0 bridgehead atoms. The number of rotatable bonds is 5. The smallest absolute Gasteiger partial charge is 0.257 e. The molecule has 0 saturated carbocycles. The number of anilines is 4. The number of hydrogen-bond donors (Lipinski definition) is 2. The molecule has 0 atom stereocenters. The van der Waals surface area contributed by atoms with Crippen LogP contribution in [0.3, 0.4) is 0 Å². The van der Waals surface area contributed by atoms with Gasteiger partial charge < -0.3 is 15.5 Å². The van der Waals surface area contributed by atoms with E-state index in [2.05, 4.69) is 20.6 Å². The molecule has 0 saturated heterocycles. The van der Waals surface area contributed by atoms with Crippen LogP contribution in [-0.4, -0.2) is 30.0 Å². The predicted octanol–water partition coefficient (Wildman–Crippen LogP) is 3.54. The number of aromatic nitrogens is 2. The van der Waals surface area contributed by atoms with Crippen molar-refractivity contribution in [1.82, 2.24) is 9.97 Å². The Hall–Kier alpha value is -3.41. The third kappa shape index (κ3) is 4.32. The van der Waals surface area contributed by atoms with Crippen LogP contribution in [0, 0.1) is 0 Å². The molecular weight excluding hydrogens is 314 g/mol. The maximum Gasteiger partial charge on any atom is 0.257 e. The summed E-state index contributed by atoms with van der Waals surface area (Å²) in [7, 11) is 4.00. The molecule has 0 fully saturated rings. The van der Waals surface area contributed by atoms with E-state index in [9.17, 15) is 4.79 Å². The van der Waals surface area contributed by atoms with Crippen LogP contribution < -0.4 is 15.5 Å². The van der Waals surface area contributed by atoms with Crippen molar-refractivity contribution in [3.8, 4) is 0 Å². The lowest BCUT2D eigenvalue weighted by Gasteiger charge is -2.13. The van der Waals surface area contributed by atoms with Crippen LogP contribution in [0.25, 0.3) is 0 Å². The summed E-state index contributed by atoms with van der Waals surface area (Å²) in [5.41, 5.74) is 3.21. The largest absolute Gasteiger partial charge is 0.378 e. The van der Waals surface area contributed by atoms with E-state index < -0.39 is 0 Å². The summed E-state index contributed by atoms with van der Waals surface area (Å²) >= 11 is 0. The van der Waals surface area contributed by atoms with Crippen molar-refractivity contribution in [2.24, 2.45) is 0 Å². The van der Waals surface area contributed by atoms with E-state index in [0.717, 1.165) is 11.4 Å². The van der Waals surface area contributed by atoms with Crippen molar-refractivity contribution >= 4 is 28.8 Å². The molecule has 0 spiro atoms. The molecule has 3 aromatic rings. The van der Waals surface area contributed by atoms with Crippen LogP contribution in [0.4, 0.5) is 22.9 Å². The van der Waals surface area contributed by atoms with E-state index in [1.165, 1.54) is 6.20 Å². The summed E-state index contributed by atoms with van der Waals surface area (Å²) in [6, 6.07) is 15.1. The maximum absolute atomic E-state index is 12.1. The molecule has 126 valence electrons. The topological polar surface area (TPSA) is 70.2 Å². The van der Waals surface area contributed by atoms with E-state index in [-0.39, 0.29) is 5.91 Å². The van der Waals surface area contributed by atoms with Crippen LogP contribution in [0.2, 0.25) is 0 Å². The number of pyridine rings is 2. The molecule has 1 amide bonds. The summed E-state index contributed by atoms with van der Waals surface area (Å²) < 4.78 is 0. The second-order valence-electron chi connectivity index (χ2n) is 5.69. The van der Waals surface area contributed by atoms with Crippen molar-refractivity contribution in [3.63, 3.8) is 0 Å². The van der Waals surface area contributed by atoms with Crippen molar-refractivity contribution in [3.05, 3.63) is 72.7 Å². The molecule has 6 heteroatoms. The minimum absolute atomic E-state index is 0.213. The Labute approximate surface area is 146 Å². The Morgan fingerprint density at radius 1 is 0.960 bits per heavy atom. The van der Waals surface area contributed by atoms with Gasteiger partial charge in [0.15, 0.2) is 0 Å². The highest BCUT2D eigenvalue weighted by atomic mass is 16.1. The van der Waals surface area contributed by atoms with Gasteiger partial charge in [0.05, 0.1) is 17.4 Å². The van der Waals surface area contributed by atoms with E-state index in [1.54, 1.807) is 30.6 Å². The van der Waals surface area contributed by atoms with E-state index in [1.807, 2.05) is 49.3 Å². The van der Waals surface area contributed by atoms with Crippen molar-refractivity contribution in [1.29, 1.82) is 0 Å². The lowest BCUT2D eigenvalue weighted by Crippen LogP contribution is -2.12. The summed E-state index contributed by atoms with van der Waals surface area (Å²) in [6.07, 6.45) is 4.77. The van der Waals surface area contributed by atoms with Gasteiger partial charge in [-0.3, -0.25) is 9.78 Å². The first-order valence-electron chi connectivity index (χ1n) is 7.84. The molecule has 1 aromatic carbocycles. The van der Waals surface area contributed by atoms with Gasteiger partial charge in [-0.25, -0.2) is 4.98 Å². The monoisotopic (exact) mass is 333 g/mol. The highest BCUT2D eigenvalue weighted by Gasteiger charge is 2.06. The fourth-order valence-corrected chi connectivity index (χ4v) is 2.23. The van der Waals surface area contributed by atoms with E-state index >= 15 is 0 Å². The summed E-state index contributed by atoms with van der Waals surface area (Å²) in [6.45, 7) is 0. The van der Waals surface area contributed by atoms with Gasteiger partial charge in [-0.15, -0.1) is 0 Å². The van der Waals surface area contributed by atoms with Gasteiger partial charge in [0.25, 0.3) is 5.91 Å². The minimum Gasteiger partial charge on any atom is -0.378 e. The number of carbonyl (C=O) groups is 1. The standard InChI is InChI=1S/C19H19N5O/c1-24(2)17-8-5-15(6-9-17)22-18-10-7-16(13-21-18)23-19(25)14-4-3-11-20-12-14/h3-13H,1-2H3,(H,21,22)(H,23,25). The van der Waals surface area contributed by atoms with Crippen LogP contribution in [-0.2, 0) is 0 Å². The first kappa shape index (κ1) is 16.4. The Balaban J connectivity index is 1.63. The molecule has 0 aliphatic rings. The van der Waals surface area contributed by atoms with Crippen molar-refractivity contribution in [2.45, 2.75) is 0 Å². The second-order valence-corrected chi connectivity index (χ2v) is 5.69. The maximum atomic E-state index is 12.1. The molecule has 25 heavy (non-hydrogen) atoms. The van der Waals surface area contributed by atoms with E-state index in [4.69, 9.17) is 0 Å². The van der Waals surface area contributed by atoms with Gasteiger partial charge in [-0.2, -0.15) is 0 Å². The summed E-state index contributed by atoms with van der Waals surface area (Å²) in [4.78, 5) is 22.4. The van der Waals surface area contributed by atoms with Crippen LogP contribution in [0.1, 0.15) is 10.4 Å². The average molecular weight is 333 g/mol. The lowest BCUT2D eigenvalue weighted by molar-refractivity contribution is 0.102. The van der Waals surface area contributed by atoms with Gasteiger partial charge in [-0.1, -0.05) is 0 Å². The normalized spacial score (nSPS) is 10.2. The van der Waals surface area contributed by atoms with Gasteiger partial charge in [-0.05, 0) is 48.5 Å². The number of nitrogens with zero attached hydrogens (tertiary/aromatic N) is 3. The molecule has 2 heterocycles. The highest BCUT2D eigenvalue weighted by molar-refractivity contribution is 6.03. The number of amides is 1. The molecule has 0 unspecified atom stereocenters. The average Bonchev–Trinajstić information content (AvgIpc) is 2.64. The number of hydrogen-bond acceptors (Lipinski definition) is 5. The first-order chi connectivity index (χ1) is 12.1. The van der Waals surface area contributed by atoms with Gasteiger partial charge in [0.1, 0.15) is 5.82 Å². The molecule has 0 aliphatic carbocycles. The third-order valence-electron chi connectivity index (χ3n) is 3.60. The third-order valence-corrected chi connectivity index (χ3v) is 3.60. The molecular formula is C19H19N5O. The number of benzene rings is 1. The number of carbonyl (C=O) groups excluding carboxylic acids is 1. The molecule has 0 radical (unpaired) electrons. The van der Waals surface area contributed by atoms with E-state index in [0.29, 0.717) is 17.1 Å². The molecule has 3 rings (SSSR count). The summed E-state index contributed by atoms with van der Waals surface area (Å²) in [5.74, 6) is 0.492. The van der Waals surface area contributed by atoms with Crippen LogP contribution in [0.15, 0.2) is 67.1 Å². The first-order valence-corrected chi connectivity index (χ1v) is 7.84. The fourth-order valence-electron chi connectivity index (χ4n) is 2.23. The molecule has 2 aromatic heterocycles. The molecule has 6 nitrogen and oxygen atoms in total. The predicted molar refractivity (Wildman–Crippen MR) is 100 cm³/mol. The quantitative estimate of drug-likeness (QED) is 0.747. The van der Waals surface area contributed by atoms with Gasteiger partial charge >= 0.3 is 0 Å². The van der Waals surface area contributed by atoms with Crippen molar-refractivity contribution < 1.29 is 4.79 Å². The Kier molecular flexibility index (Phi) is 4.89. The van der Waals surface area contributed by atoms with Crippen molar-refractivity contribution in [2.75, 3.05) is 29.6 Å². The fraction of sp³-hybridized carbons (Fsp3) is 0.105. The zero-order valence-electron chi connectivity index (χ0n) is 14.1. The van der Waals surface area contributed by atoms with Crippen LogP contribution in [0.5, 0.6) is 0 Å². The lowest BCUT2D eigenvalue weighted by atomic mass is 10.2. The Morgan fingerprint density at radius 2 is 1.72 bits per heavy atom. The molecule has 0 aliphatic heterocycles. The Morgan fingerprint density at radius 3 is 2.32 bits per heavy atom. The highest BCUT2D eigenvalue weighted by Crippen LogP contribution is 2.20. The van der Waals surface area contributed by atoms with Crippen LogP contribution >= 0.6 is 0 Å². The second kappa shape index (κ2) is 7.44. The minimum atomic E-state index is -0.213.